The first-order valence-electron chi connectivity index (χ1n) is 2.97. The average molecular weight is 127 g/mol. The minimum absolute atomic E-state index is 0.0621. The molecule has 0 aliphatic rings. The van der Waals surface area contributed by atoms with Gasteiger partial charge in [-0.25, -0.2) is 5.26 Å². The van der Waals surface area contributed by atoms with Gasteiger partial charge in [-0.2, -0.15) is 0 Å². The van der Waals surface area contributed by atoms with Gasteiger partial charge in [0.1, 0.15) is 0 Å². The lowest BCUT2D eigenvalue weighted by Crippen LogP contribution is -2.02. The summed E-state index contributed by atoms with van der Waals surface area (Å²) >= 11 is 0. The predicted octanol–water partition coefficient (Wildman–Crippen LogP) is -0.669. The zero-order valence-electron chi connectivity index (χ0n) is 5.34. The number of aliphatic hydroxyl groups excluding tert-OH is 1. The van der Waals surface area contributed by atoms with Crippen molar-refractivity contribution in [2.45, 2.75) is 6.32 Å². The van der Waals surface area contributed by atoms with Crippen molar-refractivity contribution < 1.29 is 9.84 Å². The van der Waals surface area contributed by atoms with Gasteiger partial charge in [0, 0.05) is 6.61 Å². The summed E-state index contributed by atoms with van der Waals surface area (Å²) in [4.78, 5) is 0. The molecule has 0 aliphatic heterocycles. The summed E-state index contributed by atoms with van der Waals surface area (Å²) in [5, 5.41) is 16.3. The van der Waals surface area contributed by atoms with E-state index in [0.29, 0.717) is 20.5 Å². The van der Waals surface area contributed by atoms with Crippen LogP contribution in [0.5, 0.6) is 0 Å². The number of ether oxygens (including phenoxy) is 1. The highest BCUT2D eigenvalue weighted by atomic mass is 16.5. The lowest BCUT2D eigenvalue weighted by atomic mass is 9.78. The monoisotopic (exact) mass is 127 g/mol. The molecule has 50 valence electrons. The Morgan fingerprint density at radius 2 is 2.33 bits per heavy atom. The third-order valence-corrected chi connectivity index (χ3v) is 0.813. The Kier molecular flexibility index (Phi) is 7.04. The molecule has 0 unspecified atom stereocenters. The first-order valence-corrected chi connectivity index (χ1v) is 2.97. The first-order chi connectivity index (χ1) is 4.41. The fourth-order valence-corrected chi connectivity index (χ4v) is 0.420. The third-order valence-electron chi connectivity index (χ3n) is 0.813. The highest BCUT2D eigenvalue weighted by Gasteiger charge is 1.87. The van der Waals surface area contributed by atoms with Gasteiger partial charge in [0.2, 0.25) is 0 Å². The second-order valence-corrected chi connectivity index (χ2v) is 1.60. The molecule has 3 nitrogen and oxygen atoms in total. The van der Waals surface area contributed by atoms with Gasteiger partial charge in [0.25, 0.3) is 7.28 Å². The Labute approximate surface area is 55.5 Å². The quantitative estimate of drug-likeness (QED) is 0.393. The zero-order valence-corrected chi connectivity index (χ0v) is 5.34. The molecule has 0 aliphatic carbocycles. The van der Waals surface area contributed by atoms with Crippen LogP contribution in [0.1, 0.15) is 0 Å². The van der Waals surface area contributed by atoms with Crippen LogP contribution < -0.4 is 0 Å². The van der Waals surface area contributed by atoms with E-state index in [2.05, 4.69) is 0 Å². The van der Waals surface area contributed by atoms with E-state index in [0.717, 1.165) is 6.32 Å². The van der Waals surface area contributed by atoms with Crippen molar-refractivity contribution in [3.63, 3.8) is 0 Å². The highest BCUT2D eigenvalue weighted by Crippen LogP contribution is 1.79. The molecule has 0 atom stereocenters. The molecule has 0 aromatic carbocycles. The van der Waals surface area contributed by atoms with E-state index < -0.39 is 0 Å². The zero-order chi connectivity index (χ0) is 6.95. The van der Waals surface area contributed by atoms with Crippen molar-refractivity contribution in [3.8, 4) is 5.97 Å². The number of rotatable bonds is 5. The van der Waals surface area contributed by atoms with Gasteiger partial charge in [0.15, 0.2) is 0 Å². The van der Waals surface area contributed by atoms with Crippen molar-refractivity contribution in [1.82, 2.24) is 0 Å². The number of nitriles is 1. The van der Waals surface area contributed by atoms with E-state index in [1.807, 2.05) is 5.97 Å². The van der Waals surface area contributed by atoms with Crippen LogP contribution in [-0.2, 0) is 4.74 Å². The number of aliphatic hydroxyl groups is 1. The van der Waals surface area contributed by atoms with Crippen molar-refractivity contribution in [2.24, 2.45) is 0 Å². The molecule has 0 radical (unpaired) electrons. The van der Waals surface area contributed by atoms with Crippen LogP contribution in [0.2, 0.25) is 6.32 Å². The van der Waals surface area contributed by atoms with Gasteiger partial charge in [-0.05, 0) is 12.3 Å². The third kappa shape index (κ3) is 7.47. The van der Waals surface area contributed by atoms with E-state index in [1.165, 1.54) is 0 Å². The van der Waals surface area contributed by atoms with Gasteiger partial charge >= 0.3 is 0 Å². The summed E-state index contributed by atoms with van der Waals surface area (Å²) in [6.45, 7) is 1.02. The molecule has 0 amide bonds. The van der Waals surface area contributed by atoms with E-state index >= 15 is 0 Å². The van der Waals surface area contributed by atoms with Crippen molar-refractivity contribution in [1.29, 1.82) is 5.26 Å². The topological polar surface area (TPSA) is 53.2 Å². The summed E-state index contributed by atoms with van der Waals surface area (Å²) in [7, 11) is 0.533. The molecule has 1 N–H and O–H groups in total. The summed E-state index contributed by atoms with van der Waals surface area (Å²) in [5.41, 5.74) is 0. The van der Waals surface area contributed by atoms with E-state index in [4.69, 9.17) is 15.1 Å². The summed E-state index contributed by atoms with van der Waals surface area (Å²) < 4.78 is 4.88. The lowest BCUT2D eigenvalue weighted by molar-refractivity contribution is 0.102. The SMILES string of the molecule is N#CBCCOCCO. The fourth-order valence-electron chi connectivity index (χ4n) is 0.420. The van der Waals surface area contributed by atoms with Gasteiger partial charge in [-0.3, -0.25) is 0 Å². The van der Waals surface area contributed by atoms with Crippen LogP contribution in [0.4, 0.5) is 0 Å². The Balaban J connectivity index is 2.69. The number of nitrogens with zero attached hydrogens (tertiary/aromatic N) is 1. The standard InChI is InChI=1S/C5H10BNO2/c7-5-6-1-3-9-4-2-8/h6,8H,1-4H2. The van der Waals surface area contributed by atoms with Crippen LogP contribution >= 0.6 is 0 Å². The molecule has 0 saturated carbocycles. The maximum Gasteiger partial charge on any atom is 0.252 e. The molecule has 0 fully saturated rings. The van der Waals surface area contributed by atoms with Crippen LogP contribution in [0.15, 0.2) is 0 Å². The summed E-state index contributed by atoms with van der Waals surface area (Å²) in [5.74, 6) is 2.00. The molecule has 0 aromatic heterocycles. The smallest absolute Gasteiger partial charge is 0.252 e. The minimum Gasteiger partial charge on any atom is -0.394 e. The van der Waals surface area contributed by atoms with Gasteiger partial charge in [-0.15, -0.1) is 0 Å². The molecular formula is C5H10BNO2. The van der Waals surface area contributed by atoms with Gasteiger partial charge in [-0.1, -0.05) is 0 Å². The highest BCUT2D eigenvalue weighted by molar-refractivity contribution is 6.45. The Hall–Kier alpha value is -0.525. The molecule has 0 rings (SSSR count). The van der Waals surface area contributed by atoms with Crippen LogP contribution in [0.3, 0.4) is 0 Å². The summed E-state index contributed by atoms with van der Waals surface area (Å²) in [6.07, 6.45) is 0.760. The first kappa shape index (κ1) is 8.47. The van der Waals surface area contributed by atoms with Crippen molar-refractivity contribution in [3.05, 3.63) is 0 Å². The average Bonchev–Trinajstić information content (AvgIpc) is 1.89. The van der Waals surface area contributed by atoms with E-state index in [1.54, 1.807) is 0 Å². The van der Waals surface area contributed by atoms with E-state index in [-0.39, 0.29) is 6.61 Å². The molecule has 0 spiro atoms. The van der Waals surface area contributed by atoms with Crippen LogP contribution in [0, 0.1) is 11.2 Å². The Morgan fingerprint density at radius 1 is 1.56 bits per heavy atom. The number of hydrogen-bond donors (Lipinski definition) is 1. The fraction of sp³-hybridized carbons (Fsp3) is 0.800. The second kappa shape index (κ2) is 7.47. The van der Waals surface area contributed by atoms with Gasteiger partial charge < -0.3 is 9.84 Å². The lowest BCUT2D eigenvalue weighted by Gasteiger charge is -1.96. The molecule has 4 heteroatoms. The largest absolute Gasteiger partial charge is 0.394 e. The van der Waals surface area contributed by atoms with Crippen LogP contribution in [-0.4, -0.2) is 32.2 Å². The molecular weight excluding hydrogens is 117 g/mol. The van der Waals surface area contributed by atoms with Gasteiger partial charge in [0.05, 0.1) is 13.2 Å². The normalized spacial score (nSPS) is 8.44. The maximum atomic E-state index is 8.23. The van der Waals surface area contributed by atoms with Crippen LogP contribution in [0.25, 0.3) is 0 Å². The van der Waals surface area contributed by atoms with E-state index in [9.17, 15) is 0 Å². The second-order valence-electron chi connectivity index (χ2n) is 1.60. The predicted molar refractivity (Wildman–Crippen MR) is 35.5 cm³/mol. The molecule has 0 bridgehead atoms. The Bertz CT molecular complexity index is 91.4. The van der Waals surface area contributed by atoms with Crippen molar-refractivity contribution >= 4 is 7.28 Å². The maximum absolute atomic E-state index is 8.23. The molecule has 0 heterocycles. The summed E-state index contributed by atoms with van der Waals surface area (Å²) in [6, 6.07) is 0. The number of hydrogen-bond acceptors (Lipinski definition) is 3. The van der Waals surface area contributed by atoms with Crippen molar-refractivity contribution in [2.75, 3.05) is 19.8 Å². The molecule has 0 aromatic rings. The Morgan fingerprint density at radius 3 is 2.89 bits per heavy atom. The minimum atomic E-state index is 0.0621. The molecule has 0 saturated heterocycles. The molecule has 9 heavy (non-hydrogen) atoms.